The van der Waals surface area contributed by atoms with Gasteiger partial charge in [0.1, 0.15) is 5.01 Å². The average molecular weight is 275 g/mol. The summed E-state index contributed by atoms with van der Waals surface area (Å²) < 4.78 is 0. The van der Waals surface area contributed by atoms with Gasteiger partial charge in [0.2, 0.25) is 5.91 Å². The highest BCUT2D eigenvalue weighted by atomic mass is 32.1. The average Bonchev–Trinajstić information content (AvgIpc) is 2.86. The highest BCUT2D eigenvalue weighted by molar-refractivity contribution is 7.09. The number of rotatable bonds is 4. The van der Waals surface area contributed by atoms with Crippen LogP contribution < -0.4 is 10.6 Å². The molecule has 1 aromatic heterocycles. The molecule has 100 valence electrons. The summed E-state index contributed by atoms with van der Waals surface area (Å²) in [6.45, 7) is 5.61. The first-order valence-electron chi connectivity index (χ1n) is 6.10. The summed E-state index contributed by atoms with van der Waals surface area (Å²) in [7, 11) is 0. The largest absolute Gasteiger partial charge is 0.376 e. The third-order valence-corrected chi connectivity index (χ3v) is 3.71. The van der Waals surface area contributed by atoms with E-state index in [2.05, 4.69) is 22.5 Å². The Balaban J connectivity index is 2.17. The lowest BCUT2D eigenvalue weighted by Crippen LogP contribution is -2.09. The zero-order valence-electron chi connectivity index (χ0n) is 11.2. The van der Waals surface area contributed by atoms with Crippen molar-refractivity contribution in [3.8, 4) is 0 Å². The second-order valence-electron chi connectivity index (χ2n) is 4.45. The minimum absolute atomic E-state index is 0.0669. The van der Waals surface area contributed by atoms with Gasteiger partial charge in [-0.1, -0.05) is 6.07 Å². The Bertz CT molecular complexity index is 566. The topological polar surface area (TPSA) is 54.0 Å². The van der Waals surface area contributed by atoms with Crippen LogP contribution in [-0.4, -0.2) is 10.9 Å². The van der Waals surface area contributed by atoms with E-state index in [1.807, 2.05) is 30.5 Å². The molecule has 19 heavy (non-hydrogen) atoms. The summed E-state index contributed by atoms with van der Waals surface area (Å²) in [5.41, 5.74) is 2.94. The van der Waals surface area contributed by atoms with Crippen molar-refractivity contribution < 1.29 is 4.79 Å². The monoisotopic (exact) mass is 275 g/mol. The lowest BCUT2D eigenvalue weighted by molar-refractivity contribution is -0.114. The van der Waals surface area contributed by atoms with Gasteiger partial charge in [-0.25, -0.2) is 4.98 Å². The SMILES string of the molecule is CC(=O)Nc1ccc(C)c(NC(C)c2nccs2)c1. The fourth-order valence-electron chi connectivity index (χ4n) is 1.80. The Kier molecular flexibility index (Phi) is 4.16. The number of anilines is 2. The van der Waals surface area contributed by atoms with E-state index < -0.39 is 0 Å². The minimum Gasteiger partial charge on any atom is -0.376 e. The van der Waals surface area contributed by atoms with Gasteiger partial charge in [0, 0.05) is 29.9 Å². The third-order valence-electron chi connectivity index (χ3n) is 2.75. The molecule has 1 heterocycles. The van der Waals surface area contributed by atoms with Crippen LogP contribution in [0.1, 0.15) is 30.5 Å². The van der Waals surface area contributed by atoms with E-state index >= 15 is 0 Å². The molecule has 0 aliphatic rings. The van der Waals surface area contributed by atoms with Gasteiger partial charge in [-0.15, -0.1) is 11.3 Å². The Hall–Kier alpha value is -1.88. The Labute approximate surface area is 116 Å². The molecule has 0 fully saturated rings. The zero-order valence-corrected chi connectivity index (χ0v) is 12.0. The Morgan fingerprint density at radius 2 is 2.21 bits per heavy atom. The number of nitrogens with zero attached hydrogens (tertiary/aromatic N) is 1. The van der Waals surface area contributed by atoms with Gasteiger partial charge in [-0.05, 0) is 31.5 Å². The van der Waals surface area contributed by atoms with Crippen molar-refractivity contribution in [2.45, 2.75) is 26.8 Å². The summed E-state index contributed by atoms with van der Waals surface area (Å²) in [5.74, 6) is -0.0669. The van der Waals surface area contributed by atoms with Crippen LogP contribution in [0.25, 0.3) is 0 Å². The van der Waals surface area contributed by atoms with Crippen LogP contribution in [0.2, 0.25) is 0 Å². The molecule has 4 nitrogen and oxygen atoms in total. The van der Waals surface area contributed by atoms with Crippen LogP contribution in [0.4, 0.5) is 11.4 Å². The summed E-state index contributed by atoms with van der Waals surface area (Å²) in [4.78, 5) is 15.4. The van der Waals surface area contributed by atoms with Crippen LogP contribution in [-0.2, 0) is 4.79 Å². The van der Waals surface area contributed by atoms with Crippen LogP contribution in [0.15, 0.2) is 29.8 Å². The predicted molar refractivity (Wildman–Crippen MR) is 79.6 cm³/mol. The predicted octanol–water partition coefficient (Wildman–Crippen LogP) is 3.58. The number of carbonyl (C=O) groups is 1. The van der Waals surface area contributed by atoms with Gasteiger partial charge in [0.15, 0.2) is 0 Å². The number of aryl methyl sites for hydroxylation is 1. The smallest absolute Gasteiger partial charge is 0.221 e. The molecule has 5 heteroatoms. The van der Waals surface area contributed by atoms with Gasteiger partial charge in [0.05, 0.1) is 6.04 Å². The van der Waals surface area contributed by atoms with Crippen molar-refractivity contribution in [3.63, 3.8) is 0 Å². The standard InChI is InChI=1S/C14H17N3OS/c1-9-4-5-12(17-11(3)18)8-13(9)16-10(2)14-15-6-7-19-14/h4-8,10,16H,1-3H3,(H,17,18). The van der Waals surface area contributed by atoms with Crippen LogP contribution in [0.3, 0.4) is 0 Å². The Morgan fingerprint density at radius 3 is 2.84 bits per heavy atom. The fraction of sp³-hybridized carbons (Fsp3) is 0.286. The van der Waals surface area contributed by atoms with E-state index in [1.165, 1.54) is 6.92 Å². The lowest BCUT2D eigenvalue weighted by atomic mass is 10.1. The first kappa shape index (κ1) is 13.5. The number of hydrogen-bond acceptors (Lipinski definition) is 4. The van der Waals surface area contributed by atoms with Crippen molar-refractivity contribution in [3.05, 3.63) is 40.3 Å². The fourth-order valence-corrected chi connectivity index (χ4v) is 2.45. The summed E-state index contributed by atoms with van der Waals surface area (Å²) >= 11 is 1.63. The molecule has 0 saturated heterocycles. The highest BCUT2D eigenvalue weighted by Crippen LogP contribution is 2.26. The molecule has 1 atom stereocenters. The second kappa shape index (κ2) is 5.84. The summed E-state index contributed by atoms with van der Waals surface area (Å²) in [5, 5.41) is 9.22. The van der Waals surface area contributed by atoms with Crippen LogP contribution >= 0.6 is 11.3 Å². The summed E-state index contributed by atoms with van der Waals surface area (Å²) in [6, 6.07) is 5.98. The summed E-state index contributed by atoms with van der Waals surface area (Å²) in [6.07, 6.45) is 1.80. The molecule has 2 N–H and O–H groups in total. The number of nitrogens with one attached hydrogen (secondary N) is 2. The van der Waals surface area contributed by atoms with Gasteiger partial charge < -0.3 is 10.6 Å². The third kappa shape index (κ3) is 3.54. The number of amides is 1. The van der Waals surface area contributed by atoms with E-state index in [4.69, 9.17) is 0 Å². The number of carbonyl (C=O) groups excluding carboxylic acids is 1. The first-order chi connectivity index (χ1) is 9.06. The zero-order chi connectivity index (χ0) is 13.8. The number of hydrogen-bond donors (Lipinski definition) is 2. The van der Waals surface area contributed by atoms with Gasteiger partial charge in [-0.3, -0.25) is 4.79 Å². The molecule has 1 aromatic carbocycles. The first-order valence-corrected chi connectivity index (χ1v) is 6.98. The molecule has 0 aliphatic carbocycles. The molecular formula is C14H17N3OS. The van der Waals surface area contributed by atoms with E-state index in [1.54, 1.807) is 17.5 Å². The van der Waals surface area contributed by atoms with Crippen molar-refractivity contribution in [1.82, 2.24) is 4.98 Å². The molecule has 2 rings (SSSR count). The molecule has 2 aromatic rings. The van der Waals surface area contributed by atoms with E-state index in [0.717, 1.165) is 21.9 Å². The second-order valence-corrected chi connectivity index (χ2v) is 5.37. The molecule has 1 amide bonds. The van der Waals surface area contributed by atoms with E-state index in [-0.39, 0.29) is 11.9 Å². The molecule has 0 aliphatic heterocycles. The molecule has 0 radical (unpaired) electrons. The van der Waals surface area contributed by atoms with Crippen LogP contribution in [0, 0.1) is 6.92 Å². The van der Waals surface area contributed by atoms with Crippen molar-refractivity contribution >= 4 is 28.6 Å². The minimum atomic E-state index is -0.0669. The van der Waals surface area contributed by atoms with Gasteiger partial charge in [0.25, 0.3) is 0 Å². The van der Waals surface area contributed by atoms with E-state index in [0.29, 0.717) is 0 Å². The normalized spacial score (nSPS) is 11.9. The van der Waals surface area contributed by atoms with Crippen LogP contribution in [0.5, 0.6) is 0 Å². The quantitative estimate of drug-likeness (QED) is 0.896. The van der Waals surface area contributed by atoms with Gasteiger partial charge >= 0.3 is 0 Å². The van der Waals surface area contributed by atoms with Crippen molar-refractivity contribution in [2.24, 2.45) is 0 Å². The van der Waals surface area contributed by atoms with Crippen molar-refractivity contribution in [2.75, 3.05) is 10.6 Å². The molecule has 0 spiro atoms. The number of thiazole rings is 1. The highest BCUT2D eigenvalue weighted by Gasteiger charge is 2.09. The lowest BCUT2D eigenvalue weighted by Gasteiger charge is -2.16. The Morgan fingerprint density at radius 1 is 1.42 bits per heavy atom. The van der Waals surface area contributed by atoms with Crippen molar-refractivity contribution in [1.29, 1.82) is 0 Å². The molecule has 0 bridgehead atoms. The maximum absolute atomic E-state index is 11.1. The maximum atomic E-state index is 11.1. The molecule has 0 saturated carbocycles. The number of benzene rings is 1. The van der Waals surface area contributed by atoms with Gasteiger partial charge in [-0.2, -0.15) is 0 Å². The number of aromatic nitrogens is 1. The van der Waals surface area contributed by atoms with E-state index in [9.17, 15) is 4.79 Å². The molecule has 1 unspecified atom stereocenters. The molecular weight excluding hydrogens is 258 g/mol. The maximum Gasteiger partial charge on any atom is 0.221 e.